The summed E-state index contributed by atoms with van der Waals surface area (Å²) < 4.78 is 24.8. The maximum absolute atomic E-state index is 4.24. The summed E-state index contributed by atoms with van der Waals surface area (Å²) in [5.74, 6) is 0. The molecule has 0 spiro atoms. The Labute approximate surface area is 121 Å². The minimum atomic E-state index is 0.714. The molecule has 0 aliphatic rings. The van der Waals surface area contributed by atoms with Crippen LogP contribution in [0.1, 0.15) is 17.1 Å². The van der Waals surface area contributed by atoms with Crippen molar-refractivity contribution in [2.24, 2.45) is 0 Å². The van der Waals surface area contributed by atoms with E-state index < -0.39 is 0 Å². The van der Waals surface area contributed by atoms with Gasteiger partial charge in [-0.2, -0.15) is 26.2 Å². The van der Waals surface area contributed by atoms with Crippen LogP contribution in [0.3, 0.4) is 0 Å². The second kappa shape index (κ2) is 6.19. The molecular formula is C9H9N7S3. The molecule has 3 heterocycles. The van der Waals surface area contributed by atoms with E-state index in [1.165, 1.54) is 35.2 Å². The predicted octanol–water partition coefficient (Wildman–Crippen LogP) is 1.44. The van der Waals surface area contributed by atoms with E-state index in [9.17, 15) is 0 Å². The molecule has 0 aliphatic heterocycles. The molecule has 0 saturated heterocycles. The Balaban J connectivity index is 1.70. The van der Waals surface area contributed by atoms with Crippen LogP contribution in [0.15, 0.2) is 18.6 Å². The van der Waals surface area contributed by atoms with Gasteiger partial charge in [-0.25, -0.2) is 0 Å². The second-order valence-corrected chi connectivity index (χ2v) is 5.51. The Morgan fingerprint density at radius 1 is 0.684 bits per heavy atom. The van der Waals surface area contributed by atoms with E-state index in [1.807, 2.05) is 0 Å². The van der Waals surface area contributed by atoms with Crippen molar-refractivity contribution >= 4 is 35.2 Å². The van der Waals surface area contributed by atoms with Crippen molar-refractivity contribution in [3.8, 4) is 0 Å². The highest BCUT2D eigenvalue weighted by molar-refractivity contribution is 6.99. The third kappa shape index (κ3) is 3.56. The summed E-state index contributed by atoms with van der Waals surface area (Å²) in [6, 6.07) is 0. The van der Waals surface area contributed by atoms with Gasteiger partial charge in [0.2, 0.25) is 0 Å². The largest absolute Gasteiger partial charge is 0.286 e. The van der Waals surface area contributed by atoms with Gasteiger partial charge in [-0.15, -0.1) is 0 Å². The fraction of sp³-hybridized carbons (Fsp3) is 0.333. The summed E-state index contributed by atoms with van der Waals surface area (Å²) in [4.78, 5) is 2.20. The monoisotopic (exact) mass is 311 g/mol. The Bertz CT molecular complexity index is 491. The first-order valence-corrected chi connectivity index (χ1v) is 7.61. The van der Waals surface area contributed by atoms with Crippen LogP contribution in [0, 0.1) is 0 Å². The van der Waals surface area contributed by atoms with Gasteiger partial charge in [-0.05, 0) is 0 Å². The summed E-state index contributed by atoms with van der Waals surface area (Å²) in [5.41, 5.74) is 2.86. The van der Waals surface area contributed by atoms with Crippen LogP contribution in [-0.2, 0) is 19.6 Å². The molecule has 0 radical (unpaired) electrons. The van der Waals surface area contributed by atoms with Gasteiger partial charge >= 0.3 is 0 Å². The van der Waals surface area contributed by atoms with E-state index in [0.717, 1.165) is 17.1 Å². The number of hydrogen-bond donors (Lipinski definition) is 0. The summed E-state index contributed by atoms with van der Waals surface area (Å²) in [7, 11) is 0. The molecule has 0 bridgehead atoms. The lowest BCUT2D eigenvalue weighted by molar-refractivity contribution is 0.240. The first kappa shape index (κ1) is 12.7. The molecule has 19 heavy (non-hydrogen) atoms. The molecular weight excluding hydrogens is 302 g/mol. The molecule has 0 atom stereocenters. The molecule has 0 aromatic carbocycles. The molecule has 3 aromatic rings. The lowest BCUT2D eigenvalue weighted by Crippen LogP contribution is -2.22. The molecule has 0 aliphatic carbocycles. The van der Waals surface area contributed by atoms with Gasteiger partial charge in [0, 0.05) is 19.6 Å². The maximum Gasteiger partial charge on any atom is 0.0883 e. The zero-order valence-corrected chi connectivity index (χ0v) is 12.2. The quantitative estimate of drug-likeness (QED) is 0.681. The molecule has 3 aromatic heterocycles. The summed E-state index contributed by atoms with van der Waals surface area (Å²) in [6.07, 6.45) is 5.36. The molecule has 0 unspecified atom stereocenters. The SMILES string of the molecule is c1nsnc1CN(Cc1cnsn1)Cc1cnsn1. The van der Waals surface area contributed by atoms with Gasteiger partial charge in [0.05, 0.1) is 70.9 Å². The van der Waals surface area contributed by atoms with Crippen LogP contribution in [0.5, 0.6) is 0 Å². The number of aromatic nitrogens is 6. The van der Waals surface area contributed by atoms with Crippen LogP contribution in [0.25, 0.3) is 0 Å². The van der Waals surface area contributed by atoms with Crippen LogP contribution in [0.2, 0.25) is 0 Å². The van der Waals surface area contributed by atoms with Crippen LogP contribution in [0.4, 0.5) is 0 Å². The summed E-state index contributed by atoms with van der Waals surface area (Å²) >= 11 is 3.66. The average molecular weight is 311 g/mol. The minimum absolute atomic E-state index is 0.714. The van der Waals surface area contributed by atoms with Crippen molar-refractivity contribution in [3.63, 3.8) is 0 Å². The van der Waals surface area contributed by atoms with Crippen LogP contribution < -0.4 is 0 Å². The van der Waals surface area contributed by atoms with Crippen molar-refractivity contribution in [1.82, 2.24) is 31.1 Å². The van der Waals surface area contributed by atoms with Crippen molar-refractivity contribution in [3.05, 3.63) is 35.7 Å². The topological polar surface area (TPSA) is 80.6 Å². The average Bonchev–Trinajstić information content (AvgIpc) is 3.10. The minimum Gasteiger partial charge on any atom is -0.286 e. The molecule has 0 fully saturated rings. The Hall–Kier alpha value is -1.36. The third-order valence-corrected chi connectivity index (χ3v) is 3.93. The smallest absolute Gasteiger partial charge is 0.0883 e. The molecule has 7 nitrogen and oxygen atoms in total. The fourth-order valence-electron chi connectivity index (χ4n) is 1.62. The predicted molar refractivity (Wildman–Crippen MR) is 72.7 cm³/mol. The lowest BCUT2D eigenvalue weighted by Gasteiger charge is -2.18. The number of nitrogens with zero attached hydrogens (tertiary/aromatic N) is 7. The van der Waals surface area contributed by atoms with Gasteiger partial charge < -0.3 is 0 Å². The highest BCUT2D eigenvalue weighted by Gasteiger charge is 2.12. The molecule has 10 heteroatoms. The highest BCUT2D eigenvalue weighted by atomic mass is 32.1. The molecule has 98 valence electrons. The van der Waals surface area contributed by atoms with E-state index in [2.05, 4.69) is 31.1 Å². The van der Waals surface area contributed by atoms with E-state index in [-0.39, 0.29) is 0 Å². The van der Waals surface area contributed by atoms with Crippen molar-refractivity contribution < 1.29 is 0 Å². The van der Waals surface area contributed by atoms with Crippen molar-refractivity contribution in [2.45, 2.75) is 19.6 Å². The zero-order chi connectivity index (χ0) is 12.9. The maximum atomic E-state index is 4.24. The lowest BCUT2D eigenvalue weighted by atomic mass is 10.3. The first-order valence-electron chi connectivity index (χ1n) is 5.42. The van der Waals surface area contributed by atoms with E-state index in [1.54, 1.807) is 18.6 Å². The Kier molecular flexibility index (Phi) is 4.13. The summed E-state index contributed by atoms with van der Waals surface area (Å²) in [6.45, 7) is 2.14. The van der Waals surface area contributed by atoms with Crippen molar-refractivity contribution in [2.75, 3.05) is 0 Å². The second-order valence-electron chi connectivity index (χ2n) is 3.84. The molecule has 3 rings (SSSR count). The van der Waals surface area contributed by atoms with Crippen LogP contribution >= 0.6 is 35.2 Å². The van der Waals surface area contributed by atoms with Gasteiger partial charge in [0.1, 0.15) is 0 Å². The number of hydrogen-bond acceptors (Lipinski definition) is 10. The first-order chi connectivity index (χ1) is 9.40. The zero-order valence-electron chi connectivity index (χ0n) is 9.71. The molecule has 0 N–H and O–H groups in total. The van der Waals surface area contributed by atoms with E-state index >= 15 is 0 Å². The molecule has 0 amide bonds. The van der Waals surface area contributed by atoms with Crippen molar-refractivity contribution in [1.29, 1.82) is 0 Å². The third-order valence-electron chi connectivity index (χ3n) is 2.38. The van der Waals surface area contributed by atoms with Crippen LogP contribution in [-0.4, -0.2) is 31.1 Å². The van der Waals surface area contributed by atoms with E-state index in [0.29, 0.717) is 19.6 Å². The number of rotatable bonds is 6. The van der Waals surface area contributed by atoms with Gasteiger partial charge in [-0.1, -0.05) is 0 Å². The van der Waals surface area contributed by atoms with E-state index in [4.69, 9.17) is 0 Å². The molecule has 0 saturated carbocycles. The Morgan fingerprint density at radius 2 is 1.05 bits per heavy atom. The highest BCUT2D eigenvalue weighted by Crippen LogP contribution is 2.11. The summed E-state index contributed by atoms with van der Waals surface area (Å²) in [5, 5.41) is 0. The normalized spacial score (nSPS) is 11.2. The van der Waals surface area contributed by atoms with Gasteiger partial charge in [0.25, 0.3) is 0 Å². The van der Waals surface area contributed by atoms with Gasteiger partial charge in [-0.3, -0.25) is 4.90 Å². The van der Waals surface area contributed by atoms with Gasteiger partial charge in [0.15, 0.2) is 0 Å². The fourth-order valence-corrected chi connectivity index (χ4v) is 2.89. The standard InChI is InChI=1S/C9H9N7S3/c1-7(13-17-10-1)4-16(5-8-2-11-18-14-8)6-9-3-12-19-15-9/h1-3H,4-6H2. The Morgan fingerprint density at radius 3 is 1.32 bits per heavy atom.